The topological polar surface area (TPSA) is 33.2 Å². The zero-order chi connectivity index (χ0) is 15.5. The van der Waals surface area contributed by atoms with Gasteiger partial charge in [-0.3, -0.25) is 14.7 Å². The number of hydrogen-bond donors (Lipinski definition) is 0. The van der Waals surface area contributed by atoms with E-state index in [1.165, 1.54) is 11.8 Å². The monoisotopic (exact) mass is 346 g/mol. The van der Waals surface area contributed by atoms with Crippen LogP contribution in [0.25, 0.3) is 6.08 Å². The van der Waals surface area contributed by atoms with Gasteiger partial charge in [0, 0.05) is 11.2 Å². The van der Waals surface area contributed by atoms with Gasteiger partial charge in [-0.2, -0.15) is 0 Å². The van der Waals surface area contributed by atoms with Crippen LogP contribution in [0.2, 0.25) is 5.02 Å². The quantitative estimate of drug-likeness (QED) is 0.618. The third kappa shape index (κ3) is 3.38. The number of benzene rings is 1. The van der Waals surface area contributed by atoms with Crippen LogP contribution in [0.5, 0.6) is 0 Å². The standard InChI is InChI=1S/C16H11ClN2OS2/c17-12-6-4-11(5-7-12)10-19-15(20)14(22-16(19)21)9-13-3-1-2-8-18-13/h1-9H,10H2. The summed E-state index contributed by atoms with van der Waals surface area (Å²) >= 11 is 12.5. The van der Waals surface area contributed by atoms with Crippen LogP contribution in [0.1, 0.15) is 11.3 Å². The summed E-state index contributed by atoms with van der Waals surface area (Å²) in [5.74, 6) is -0.0874. The van der Waals surface area contributed by atoms with Crippen molar-refractivity contribution in [3.63, 3.8) is 0 Å². The maximum Gasteiger partial charge on any atom is 0.266 e. The third-order valence-corrected chi connectivity index (χ3v) is 4.72. The van der Waals surface area contributed by atoms with Crippen LogP contribution in [0.4, 0.5) is 0 Å². The Labute approximate surface area is 143 Å². The predicted molar refractivity (Wildman–Crippen MR) is 94.4 cm³/mol. The van der Waals surface area contributed by atoms with Gasteiger partial charge in [-0.05, 0) is 35.9 Å². The molecule has 1 fully saturated rings. The van der Waals surface area contributed by atoms with E-state index in [0.29, 0.717) is 20.8 Å². The molecular weight excluding hydrogens is 336 g/mol. The summed E-state index contributed by atoms with van der Waals surface area (Å²) in [6.07, 6.45) is 3.46. The Bertz CT molecular complexity index is 745. The maximum absolute atomic E-state index is 12.5. The predicted octanol–water partition coefficient (Wildman–Crippen LogP) is 4.14. The first-order chi connectivity index (χ1) is 10.6. The first kappa shape index (κ1) is 15.2. The van der Waals surface area contributed by atoms with E-state index in [-0.39, 0.29) is 5.91 Å². The van der Waals surface area contributed by atoms with Crippen molar-refractivity contribution in [1.29, 1.82) is 0 Å². The first-order valence-electron chi connectivity index (χ1n) is 6.54. The van der Waals surface area contributed by atoms with Gasteiger partial charge in [0.15, 0.2) is 0 Å². The lowest BCUT2D eigenvalue weighted by Gasteiger charge is -2.14. The number of pyridine rings is 1. The average molecular weight is 347 g/mol. The van der Waals surface area contributed by atoms with Crippen molar-refractivity contribution in [2.24, 2.45) is 0 Å². The van der Waals surface area contributed by atoms with Gasteiger partial charge in [0.25, 0.3) is 5.91 Å². The molecule has 1 aliphatic rings. The van der Waals surface area contributed by atoms with Gasteiger partial charge >= 0.3 is 0 Å². The van der Waals surface area contributed by atoms with Gasteiger partial charge in [-0.15, -0.1) is 0 Å². The molecule has 0 spiro atoms. The van der Waals surface area contributed by atoms with Crippen molar-refractivity contribution in [3.05, 3.63) is 69.8 Å². The van der Waals surface area contributed by atoms with E-state index < -0.39 is 0 Å². The van der Waals surface area contributed by atoms with Crippen molar-refractivity contribution in [2.45, 2.75) is 6.54 Å². The number of amides is 1. The maximum atomic E-state index is 12.5. The fourth-order valence-corrected chi connectivity index (χ4v) is 3.37. The number of hydrogen-bond acceptors (Lipinski definition) is 4. The molecule has 2 heterocycles. The Hall–Kier alpha value is -1.69. The molecule has 2 aromatic rings. The smallest absolute Gasteiger partial charge is 0.266 e. The molecule has 0 radical (unpaired) electrons. The summed E-state index contributed by atoms with van der Waals surface area (Å²) in [5.41, 5.74) is 1.73. The molecule has 1 aromatic heterocycles. The highest BCUT2D eigenvalue weighted by atomic mass is 35.5. The molecule has 0 saturated carbocycles. The molecule has 1 saturated heterocycles. The SMILES string of the molecule is O=C1C(=Cc2ccccn2)SC(=S)N1Cc1ccc(Cl)cc1. The van der Waals surface area contributed by atoms with E-state index >= 15 is 0 Å². The van der Waals surface area contributed by atoms with Gasteiger partial charge in [0.2, 0.25) is 0 Å². The Morgan fingerprint density at radius 3 is 2.68 bits per heavy atom. The third-order valence-electron chi connectivity index (χ3n) is 3.09. The summed E-state index contributed by atoms with van der Waals surface area (Å²) in [4.78, 5) is 18.9. The summed E-state index contributed by atoms with van der Waals surface area (Å²) < 4.78 is 0.558. The highest BCUT2D eigenvalue weighted by molar-refractivity contribution is 8.26. The molecule has 6 heteroatoms. The van der Waals surface area contributed by atoms with E-state index in [2.05, 4.69) is 4.98 Å². The second-order valence-electron chi connectivity index (χ2n) is 4.65. The second kappa shape index (κ2) is 6.60. The molecule has 22 heavy (non-hydrogen) atoms. The highest BCUT2D eigenvalue weighted by Gasteiger charge is 2.32. The second-order valence-corrected chi connectivity index (χ2v) is 6.76. The zero-order valence-corrected chi connectivity index (χ0v) is 13.8. The van der Waals surface area contributed by atoms with E-state index in [4.69, 9.17) is 23.8 Å². The summed E-state index contributed by atoms with van der Waals surface area (Å²) in [6, 6.07) is 13.0. The number of carbonyl (C=O) groups excluding carboxylic acids is 1. The Kier molecular flexibility index (Phi) is 4.57. The molecule has 0 N–H and O–H groups in total. The minimum atomic E-state index is -0.0874. The van der Waals surface area contributed by atoms with Crippen molar-refractivity contribution in [2.75, 3.05) is 0 Å². The van der Waals surface area contributed by atoms with Gasteiger partial charge in [0.05, 0.1) is 17.1 Å². The lowest BCUT2D eigenvalue weighted by atomic mass is 10.2. The molecule has 0 atom stereocenters. The first-order valence-corrected chi connectivity index (χ1v) is 8.14. The number of halogens is 1. The van der Waals surface area contributed by atoms with Crippen LogP contribution in [-0.4, -0.2) is 20.1 Å². The minimum Gasteiger partial charge on any atom is -0.288 e. The van der Waals surface area contributed by atoms with E-state index in [1.807, 2.05) is 30.3 Å². The molecule has 1 aromatic carbocycles. The van der Waals surface area contributed by atoms with Crippen LogP contribution in [0, 0.1) is 0 Å². The van der Waals surface area contributed by atoms with Crippen molar-refractivity contribution >= 4 is 51.9 Å². The molecule has 0 aliphatic carbocycles. The molecule has 1 amide bonds. The van der Waals surface area contributed by atoms with Crippen LogP contribution in [0.15, 0.2) is 53.6 Å². The molecule has 3 rings (SSSR count). The van der Waals surface area contributed by atoms with Gasteiger partial charge in [-0.1, -0.05) is 53.8 Å². The number of nitrogens with zero attached hydrogens (tertiary/aromatic N) is 2. The number of thioether (sulfide) groups is 1. The molecule has 110 valence electrons. The Balaban J connectivity index is 1.80. The number of aromatic nitrogens is 1. The number of rotatable bonds is 3. The van der Waals surface area contributed by atoms with Crippen LogP contribution in [0.3, 0.4) is 0 Å². The molecule has 0 bridgehead atoms. The van der Waals surface area contributed by atoms with E-state index in [9.17, 15) is 4.79 Å². The molecular formula is C16H11ClN2OS2. The van der Waals surface area contributed by atoms with Crippen LogP contribution < -0.4 is 0 Å². The van der Waals surface area contributed by atoms with Crippen LogP contribution in [-0.2, 0) is 11.3 Å². The minimum absolute atomic E-state index is 0.0874. The Morgan fingerprint density at radius 2 is 2.00 bits per heavy atom. The fraction of sp³-hybridized carbons (Fsp3) is 0.0625. The van der Waals surface area contributed by atoms with Gasteiger partial charge in [0.1, 0.15) is 4.32 Å². The Morgan fingerprint density at radius 1 is 1.23 bits per heavy atom. The van der Waals surface area contributed by atoms with Crippen molar-refractivity contribution < 1.29 is 4.79 Å². The molecule has 3 nitrogen and oxygen atoms in total. The summed E-state index contributed by atoms with van der Waals surface area (Å²) in [6.45, 7) is 0.446. The largest absolute Gasteiger partial charge is 0.288 e. The van der Waals surface area contributed by atoms with Crippen molar-refractivity contribution in [1.82, 2.24) is 9.88 Å². The summed E-state index contributed by atoms with van der Waals surface area (Å²) in [7, 11) is 0. The van der Waals surface area contributed by atoms with Gasteiger partial charge < -0.3 is 0 Å². The highest BCUT2D eigenvalue weighted by Crippen LogP contribution is 2.33. The lowest BCUT2D eigenvalue weighted by molar-refractivity contribution is -0.122. The van der Waals surface area contributed by atoms with Crippen LogP contribution >= 0.6 is 35.6 Å². The van der Waals surface area contributed by atoms with Gasteiger partial charge in [-0.25, -0.2) is 0 Å². The summed E-state index contributed by atoms with van der Waals surface area (Å²) in [5, 5.41) is 0.671. The normalized spacial score (nSPS) is 16.6. The zero-order valence-electron chi connectivity index (χ0n) is 11.4. The number of carbonyl (C=O) groups is 1. The van der Waals surface area contributed by atoms with E-state index in [1.54, 1.807) is 29.3 Å². The molecule has 1 aliphatic heterocycles. The number of thiocarbonyl (C=S) groups is 1. The lowest BCUT2D eigenvalue weighted by Crippen LogP contribution is -2.27. The van der Waals surface area contributed by atoms with E-state index in [0.717, 1.165) is 11.3 Å². The molecule has 0 unspecified atom stereocenters. The fourth-order valence-electron chi connectivity index (χ4n) is 2.00. The van der Waals surface area contributed by atoms with Crippen molar-refractivity contribution in [3.8, 4) is 0 Å². The average Bonchev–Trinajstić information content (AvgIpc) is 2.78.